The summed E-state index contributed by atoms with van der Waals surface area (Å²) in [6.45, 7) is 10.3. The summed E-state index contributed by atoms with van der Waals surface area (Å²) in [5.74, 6) is -0.219. The highest BCUT2D eigenvalue weighted by molar-refractivity contribution is 7.80. The molecule has 3 nitrogen and oxygen atoms in total. The van der Waals surface area contributed by atoms with E-state index in [-0.39, 0.29) is 16.9 Å². The molecule has 0 aliphatic carbocycles. The van der Waals surface area contributed by atoms with Crippen molar-refractivity contribution < 1.29 is 4.39 Å². The first-order valence-corrected chi connectivity index (χ1v) is 10.7. The number of hydrogen-bond donors (Lipinski definition) is 2. The first-order valence-electron chi connectivity index (χ1n) is 10.3. The SMILES string of the molecule is CC1(C)CC(NC(=S)N(Cc2ccccc2)Cc2ccc(F)cc2)CC(C)(C)N1. The van der Waals surface area contributed by atoms with E-state index in [0.717, 1.165) is 23.5 Å². The summed E-state index contributed by atoms with van der Waals surface area (Å²) in [4.78, 5) is 2.17. The number of benzene rings is 2. The predicted molar refractivity (Wildman–Crippen MR) is 122 cm³/mol. The molecule has 0 amide bonds. The number of nitrogens with zero attached hydrogens (tertiary/aromatic N) is 1. The summed E-state index contributed by atoms with van der Waals surface area (Å²) < 4.78 is 13.3. The summed E-state index contributed by atoms with van der Waals surface area (Å²) in [6, 6.07) is 17.3. The van der Waals surface area contributed by atoms with Crippen LogP contribution < -0.4 is 10.6 Å². The van der Waals surface area contributed by atoms with Gasteiger partial charge >= 0.3 is 0 Å². The number of piperidine rings is 1. The normalized spacial score (nSPS) is 18.2. The third-order valence-electron chi connectivity index (χ3n) is 5.31. The van der Waals surface area contributed by atoms with Crippen LogP contribution in [0.5, 0.6) is 0 Å². The molecule has 3 rings (SSSR count). The zero-order valence-electron chi connectivity index (χ0n) is 17.8. The van der Waals surface area contributed by atoms with Gasteiger partial charge in [-0.1, -0.05) is 42.5 Å². The van der Waals surface area contributed by atoms with Crippen molar-refractivity contribution in [1.82, 2.24) is 15.5 Å². The first kappa shape index (κ1) is 21.7. The molecule has 1 saturated heterocycles. The van der Waals surface area contributed by atoms with Gasteiger partial charge in [0.25, 0.3) is 0 Å². The minimum atomic E-state index is -0.219. The van der Waals surface area contributed by atoms with Crippen molar-refractivity contribution in [3.8, 4) is 0 Å². The second kappa shape index (κ2) is 8.80. The van der Waals surface area contributed by atoms with Crippen LogP contribution in [-0.2, 0) is 13.1 Å². The van der Waals surface area contributed by atoms with Gasteiger partial charge in [-0.25, -0.2) is 4.39 Å². The van der Waals surface area contributed by atoms with Crippen molar-refractivity contribution in [3.63, 3.8) is 0 Å². The van der Waals surface area contributed by atoms with Gasteiger partial charge in [-0.05, 0) is 76.0 Å². The lowest BCUT2D eigenvalue weighted by Gasteiger charge is -2.47. The molecule has 1 fully saturated rings. The molecular weight excluding hydrogens is 381 g/mol. The molecule has 2 N–H and O–H groups in total. The van der Waals surface area contributed by atoms with Crippen LogP contribution in [0.3, 0.4) is 0 Å². The third kappa shape index (κ3) is 6.51. The minimum absolute atomic E-state index is 0.0518. The van der Waals surface area contributed by atoms with E-state index in [1.165, 1.54) is 17.7 Å². The average Bonchev–Trinajstić information content (AvgIpc) is 2.61. The fourth-order valence-electron chi connectivity index (χ4n) is 4.50. The molecule has 156 valence electrons. The first-order chi connectivity index (χ1) is 13.6. The largest absolute Gasteiger partial charge is 0.360 e. The molecule has 1 aliphatic heterocycles. The van der Waals surface area contributed by atoms with E-state index in [1.54, 1.807) is 0 Å². The van der Waals surface area contributed by atoms with Crippen LogP contribution in [0, 0.1) is 5.82 Å². The van der Waals surface area contributed by atoms with E-state index >= 15 is 0 Å². The fourth-order valence-corrected chi connectivity index (χ4v) is 4.80. The molecule has 0 atom stereocenters. The van der Waals surface area contributed by atoms with Gasteiger partial charge in [0.2, 0.25) is 0 Å². The lowest BCUT2D eigenvalue weighted by Crippen LogP contribution is -2.62. The second-order valence-electron chi connectivity index (χ2n) is 9.42. The molecule has 0 bridgehead atoms. The molecule has 0 spiro atoms. The zero-order valence-corrected chi connectivity index (χ0v) is 18.7. The predicted octanol–water partition coefficient (Wildman–Crippen LogP) is 5.01. The Labute approximate surface area is 179 Å². The minimum Gasteiger partial charge on any atom is -0.360 e. The van der Waals surface area contributed by atoms with E-state index in [0.29, 0.717) is 19.1 Å². The summed E-state index contributed by atoms with van der Waals surface area (Å²) >= 11 is 5.85. The Morgan fingerprint density at radius 2 is 1.48 bits per heavy atom. The molecule has 0 aromatic heterocycles. The Hall–Kier alpha value is -1.98. The van der Waals surface area contributed by atoms with Crippen LogP contribution >= 0.6 is 12.2 Å². The zero-order chi connectivity index (χ0) is 21.1. The maximum absolute atomic E-state index is 13.3. The van der Waals surface area contributed by atoms with Crippen molar-refractivity contribution in [2.45, 2.75) is 70.7 Å². The van der Waals surface area contributed by atoms with Gasteiger partial charge in [-0.3, -0.25) is 0 Å². The van der Waals surface area contributed by atoms with E-state index in [9.17, 15) is 4.39 Å². The molecule has 1 aliphatic rings. The van der Waals surface area contributed by atoms with Gasteiger partial charge in [0, 0.05) is 30.2 Å². The van der Waals surface area contributed by atoms with Crippen molar-refractivity contribution >= 4 is 17.3 Å². The summed E-state index contributed by atoms with van der Waals surface area (Å²) in [5.41, 5.74) is 2.34. The number of nitrogens with one attached hydrogen (secondary N) is 2. The fraction of sp³-hybridized carbons (Fsp3) is 0.458. The van der Waals surface area contributed by atoms with Crippen LogP contribution in [0.25, 0.3) is 0 Å². The quantitative estimate of drug-likeness (QED) is 0.674. The van der Waals surface area contributed by atoms with Crippen LogP contribution in [-0.4, -0.2) is 27.1 Å². The van der Waals surface area contributed by atoms with Crippen LogP contribution in [0.1, 0.15) is 51.7 Å². The molecule has 2 aromatic rings. The van der Waals surface area contributed by atoms with E-state index < -0.39 is 0 Å². The molecule has 0 radical (unpaired) electrons. The summed E-state index contributed by atoms with van der Waals surface area (Å²) in [5, 5.41) is 8.09. The molecule has 0 unspecified atom stereocenters. The average molecular weight is 414 g/mol. The Morgan fingerprint density at radius 3 is 2.03 bits per heavy atom. The highest BCUT2D eigenvalue weighted by Crippen LogP contribution is 2.28. The molecule has 1 heterocycles. The van der Waals surface area contributed by atoms with Crippen molar-refractivity contribution in [1.29, 1.82) is 0 Å². The number of hydrogen-bond acceptors (Lipinski definition) is 2. The van der Waals surface area contributed by atoms with Gasteiger partial charge in [0.05, 0.1) is 0 Å². The van der Waals surface area contributed by atoms with E-state index in [2.05, 4.69) is 55.4 Å². The molecule has 29 heavy (non-hydrogen) atoms. The van der Waals surface area contributed by atoms with Crippen molar-refractivity contribution in [2.75, 3.05) is 0 Å². The van der Waals surface area contributed by atoms with Crippen LogP contribution in [0.4, 0.5) is 4.39 Å². The van der Waals surface area contributed by atoms with Gasteiger partial charge in [0.15, 0.2) is 5.11 Å². The smallest absolute Gasteiger partial charge is 0.169 e. The third-order valence-corrected chi connectivity index (χ3v) is 5.68. The second-order valence-corrected chi connectivity index (χ2v) is 9.80. The van der Waals surface area contributed by atoms with E-state index in [4.69, 9.17) is 12.2 Å². The topological polar surface area (TPSA) is 27.3 Å². The molecule has 2 aromatic carbocycles. The summed E-state index contributed by atoms with van der Waals surface area (Å²) in [7, 11) is 0. The number of halogens is 1. The number of rotatable bonds is 5. The Kier molecular flexibility index (Phi) is 6.59. The lowest BCUT2D eigenvalue weighted by atomic mass is 9.80. The van der Waals surface area contributed by atoms with Gasteiger partial charge in [-0.15, -0.1) is 0 Å². The van der Waals surface area contributed by atoms with Gasteiger partial charge in [-0.2, -0.15) is 0 Å². The molecular formula is C24H32FN3S. The monoisotopic (exact) mass is 413 g/mol. The standard InChI is InChI=1S/C24H32FN3S/c1-23(2)14-21(15-24(3,4)27-23)26-22(29)28(16-18-8-6-5-7-9-18)17-19-10-12-20(25)13-11-19/h5-13,21,27H,14-17H2,1-4H3,(H,26,29). The van der Waals surface area contributed by atoms with Gasteiger partial charge < -0.3 is 15.5 Å². The molecule has 0 saturated carbocycles. The Balaban J connectivity index is 1.75. The Morgan fingerprint density at radius 1 is 0.966 bits per heavy atom. The van der Waals surface area contributed by atoms with E-state index in [1.807, 2.05) is 30.3 Å². The summed E-state index contributed by atoms with van der Waals surface area (Å²) in [6.07, 6.45) is 2.01. The van der Waals surface area contributed by atoms with Crippen molar-refractivity contribution in [2.24, 2.45) is 0 Å². The van der Waals surface area contributed by atoms with Crippen LogP contribution in [0.15, 0.2) is 54.6 Å². The lowest BCUT2D eigenvalue weighted by molar-refractivity contribution is 0.153. The number of thiocarbonyl (C=S) groups is 1. The highest BCUT2D eigenvalue weighted by Gasteiger charge is 2.38. The maximum Gasteiger partial charge on any atom is 0.169 e. The maximum atomic E-state index is 13.3. The Bertz CT molecular complexity index is 802. The van der Waals surface area contributed by atoms with Gasteiger partial charge in [0.1, 0.15) is 5.82 Å². The van der Waals surface area contributed by atoms with Crippen LogP contribution in [0.2, 0.25) is 0 Å². The highest BCUT2D eigenvalue weighted by atomic mass is 32.1. The van der Waals surface area contributed by atoms with Crippen molar-refractivity contribution in [3.05, 3.63) is 71.5 Å². The molecule has 5 heteroatoms.